The van der Waals surface area contributed by atoms with E-state index in [1.54, 1.807) is 0 Å². The smallest absolute Gasteiger partial charge is 0.194 e. The van der Waals surface area contributed by atoms with Crippen LogP contribution in [0.25, 0.3) is 0 Å². The van der Waals surface area contributed by atoms with E-state index in [4.69, 9.17) is 5.84 Å². The maximum atomic E-state index is 13.1. The fourth-order valence-corrected chi connectivity index (χ4v) is 2.13. The van der Waals surface area contributed by atoms with E-state index in [0.717, 1.165) is 12.1 Å². The van der Waals surface area contributed by atoms with Crippen molar-refractivity contribution in [1.82, 2.24) is 5.01 Å². The van der Waals surface area contributed by atoms with E-state index in [1.807, 2.05) is 0 Å². The van der Waals surface area contributed by atoms with Gasteiger partial charge in [-0.25, -0.2) is 18.2 Å². The lowest BCUT2D eigenvalue weighted by atomic mass is 9.89. The van der Waals surface area contributed by atoms with Crippen molar-refractivity contribution in [1.29, 1.82) is 0 Å². The predicted molar refractivity (Wildman–Crippen MR) is 62.4 cm³/mol. The van der Waals surface area contributed by atoms with Gasteiger partial charge in [-0.15, -0.1) is 12.4 Å². The number of rotatable bonds is 1. The molecule has 2 atom stereocenters. The van der Waals surface area contributed by atoms with Crippen LogP contribution >= 0.6 is 12.4 Å². The van der Waals surface area contributed by atoms with Crippen LogP contribution in [-0.4, -0.2) is 22.9 Å². The quantitative estimate of drug-likeness (QED) is 0.611. The summed E-state index contributed by atoms with van der Waals surface area (Å²) in [5.41, 5.74) is 0.226. The lowest BCUT2D eigenvalue weighted by Crippen LogP contribution is -2.48. The molecule has 7 heteroatoms. The second-order valence-electron chi connectivity index (χ2n) is 4.20. The fourth-order valence-electron chi connectivity index (χ4n) is 2.13. The number of aliphatic hydroxyl groups is 1. The van der Waals surface area contributed by atoms with Gasteiger partial charge in [0, 0.05) is 12.5 Å². The highest BCUT2D eigenvalue weighted by Crippen LogP contribution is 2.31. The van der Waals surface area contributed by atoms with Gasteiger partial charge >= 0.3 is 0 Å². The summed E-state index contributed by atoms with van der Waals surface area (Å²) in [4.78, 5) is 0. The Hall–Kier alpha value is -0.820. The van der Waals surface area contributed by atoms with Crippen LogP contribution in [-0.2, 0) is 0 Å². The van der Waals surface area contributed by atoms with Crippen molar-refractivity contribution in [2.75, 3.05) is 6.54 Å². The number of aliphatic hydroxyl groups excluding tert-OH is 1. The first kappa shape index (κ1) is 15.2. The molecule has 102 valence electrons. The summed E-state index contributed by atoms with van der Waals surface area (Å²) in [6, 6.07) is 1.82. The lowest BCUT2D eigenvalue weighted by molar-refractivity contribution is -0.0415. The second kappa shape index (κ2) is 5.88. The maximum Gasteiger partial charge on any atom is 0.194 e. The highest BCUT2D eigenvalue weighted by molar-refractivity contribution is 5.85. The Labute approximate surface area is 109 Å². The second-order valence-corrected chi connectivity index (χ2v) is 4.20. The number of nitrogens with two attached hydrogens (primary N) is 1. The van der Waals surface area contributed by atoms with E-state index in [1.165, 1.54) is 5.01 Å². The number of piperidine rings is 1. The van der Waals surface area contributed by atoms with Gasteiger partial charge < -0.3 is 5.11 Å². The molecule has 2 unspecified atom stereocenters. The molecule has 1 aliphatic heterocycles. The Morgan fingerprint density at radius 1 is 1.22 bits per heavy atom. The largest absolute Gasteiger partial charge is 0.376 e. The van der Waals surface area contributed by atoms with Crippen molar-refractivity contribution in [3.05, 3.63) is 35.1 Å². The van der Waals surface area contributed by atoms with E-state index in [2.05, 4.69) is 0 Å². The molecule has 1 heterocycles. The van der Waals surface area contributed by atoms with Crippen LogP contribution in [0.5, 0.6) is 0 Å². The fraction of sp³-hybridized carbons (Fsp3) is 0.455. The highest BCUT2D eigenvalue weighted by atomic mass is 35.5. The van der Waals surface area contributed by atoms with E-state index in [9.17, 15) is 18.3 Å². The van der Waals surface area contributed by atoms with Crippen molar-refractivity contribution in [3.8, 4) is 0 Å². The first-order valence-corrected chi connectivity index (χ1v) is 5.34. The average Bonchev–Trinajstić information content (AvgIpc) is 2.29. The summed E-state index contributed by atoms with van der Waals surface area (Å²) in [6.45, 7) is 0.518. The Morgan fingerprint density at radius 3 is 2.33 bits per heavy atom. The Balaban J connectivity index is 0.00000162. The first-order valence-electron chi connectivity index (χ1n) is 5.34. The molecule has 0 spiro atoms. The summed E-state index contributed by atoms with van der Waals surface area (Å²) in [5.74, 6) is 1.04. The molecule has 2 rings (SSSR count). The number of benzene rings is 1. The summed E-state index contributed by atoms with van der Waals surface area (Å²) >= 11 is 0. The molecule has 0 saturated carbocycles. The molecule has 0 aromatic heterocycles. The van der Waals surface area contributed by atoms with Crippen molar-refractivity contribution in [3.63, 3.8) is 0 Å². The number of hydrazine groups is 1. The molecular weight excluding hydrogens is 269 g/mol. The molecule has 18 heavy (non-hydrogen) atoms. The number of hydrogen-bond acceptors (Lipinski definition) is 3. The number of nitrogens with zero attached hydrogens (tertiary/aromatic N) is 1. The topological polar surface area (TPSA) is 49.5 Å². The third kappa shape index (κ3) is 2.77. The van der Waals surface area contributed by atoms with Crippen molar-refractivity contribution in [2.45, 2.75) is 25.0 Å². The van der Waals surface area contributed by atoms with Crippen LogP contribution in [0.3, 0.4) is 0 Å². The van der Waals surface area contributed by atoms with Crippen LogP contribution in [0, 0.1) is 17.5 Å². The molecule has 0 amide bonds. The molecule has 1 aliphatic rings. The molecule has 3 N–H and O–H groups in total. The van der Waals surface area contributed by atoms with E-state index in [0.29, 0.717) is 19.4 Å². The molecule has 1 aromatic carbocycles. The average molecular weight is 283 g/mol. The van der Waals surface area contributed by atoms with E-state index >= 15 is 0 Å². The van der Waals surface area contributed by atoms with Gasteiger partial charge in [-0.1, -0.05) is 0 Å². The highest BCUT2D eigenvalue weighted by Gasteiger charge is 2.30. The normalized spacial score (nSPS) is 24.7. The third-order valence-corrected chi connectivity index (χ3v) is 3.07. The monoisotopic (exact) mass is 282 g/mol. The zero-order valence-electron chi connectivity index (χ0n) is 9.44. The van der Waals surface area contributed by atoms with Crippen LogP contribution in [0.2, 0.25) is 0 Å². The van der Waals surface area contributed by atoms with Gasteiger partial charge in [0.05, 0.1) is 0 Å². The summed E-state index contributed by atoms with van der Waals surface area (Å²) in [5, 5.41) is 11.0. The molecular formula is C11H14ClF3N2O. The van der Waals surface area contributed by atoms with Crippen molar-refractivity contribution in [2.24, 2.45) is 5.84 Å². The Bertz CT molecular complexity index is 410. The number of halogens is 4. The van der Waals surface area contributed by atoms with Crippen molar-refractivity contribution < 1.29 is 18.3 Å². The first-order chi connectivity index (χ1) is 8.00. The SMILES string of the molecule is Cl.NN1CCCC(c2cc(F)c(F)c(F)c2)C1O. The van der Waals surface area contributed by atoms with Crippen LogP contribution in [0.15, 0.2) is 12.1 Å². The van der Waals surface area contributed by atoms with Crippen molar-refractivity contribution >= 4 is 12.4 Å². The number of hydrogen-bond donors (Lipinski definition) is 2. The molecule has 1 saturated heterocycles. The standard InChI is InChI=1S/C11H13F3N2O.ClH/c12-8-4-6(5-9(13)10(8)14)7-2-1-3-16(15)11(7)17;/h4-5,7,11,17H,1-3,15H2;1H. The van der Waals surface area contributed by atoms with Crippen LogP contribution in [0.4, 0.5) is 13.2 Å². The molecule has 0 bridgehead atoms. The maximum absolute atomic E-state index is 13.1. The molecule has 0 radical (unpaired) electrons. The summed E-state index contributed by atoms with van der Waals surface area (Å²) in [7, 11) is 0. The zero-order chi connectivity index (χ0) is 12.6. The van der Waals surface area contributed by atoms with Gasteiger partial charge in [-0.05, 0) is 30.5 Å². The zero-order valence-corrected chi connectivity index (χ0v) is 10.3. The summed E-state index contributed by atoms with van der Waals surface area (Å²) < 4.78 is 39.0. The van der Waals surface area contributed by atoms with Gasteiger partial charge in [0.25, 0.3) is 0 Å². The Kier molecular flexibility index (Phi) is 4.98. The minimum atomic E-state index is -1.50. The molecule has 1 fully saturated rings. The third-order valence-electron chi connectivity index (χ3n) is 3.07. The van der Waals surface area contributed by atoms with Crippen LogP contribution in [0.1, 0.15) is 24.3 Å². The van der Waals surface area contributed by atoms with E-state index < -0.39 is 29.6 Å². The lowest BCUT2D eigenvalue weighted by Gasteiger charge is -2.35. The van der Waals surface area contributed by atoms with Gasteiger partial charge in [0.15, 0.2) is 17.5 Å². The predicted octanol–water partition coefficient (Wildman–Crippen LogP) is 1.90. The Morgan fingerprint density at radius 2 is 1.78 bits per heavy atom. The van der Waals surface area contributed by atoms with Gasteiger partial charge in [0.1, 0.15) is 6.23 Å². The molecule has 1 aromatic rings. The van der Waals surface area contributed by atoms with Gasteiger partial charge in [0.2, 0.25) is 0 Å². The minimum absolute atomic E-state index is 0. The molecule has 0 aliphatic carbocycles. The minimum Gasteiger partial charge on any atom is -0.376 e. The van der Waals surface area contributed by atoms with Crippen LogP contribution < -0.4 is 5.84 Å². The van der Waals surface area contributed by atoms with Gasteiger partial charge in [-0.3, -0.25) is 5.84 Å². The summed E-state index contributed by atoms with van der Waals surface area (Å²) in [6.07, 6.45) is 0.256. The van der Waals surface area contributed by atoms with Gasteiger partial charge in [-0.2, -0.15) is 0 Å². The van der Waals surface area contributed by atoms with E-state index in [-0.39, 0.29) is 18.0 Å². The molecule has 3 nitrogen and oxygen atoms in total.